The second kappa shape index (κ2) is 9.59. The summed E-state index contributed by atoms with van der Waals surface area (Å²) < 4.78 is 5.63. The lowest BCUT2D eigenvalue weighted by Gasteiger charge is -2.38. The second-order valence-corrected chi connectivity index (χ2v) is 11.3. The molecule has 5 rings (SSSR count). The predicted molar refractivity (Wildman–Crippen MR) is 131 cm³/mol. The molecule has 1 aromatic carbocycles. The number of likely N-dealkylation sites (tertiary alicyclic amines) is 1. The van der Waals surface area contributed by atoms with Gasteiger partial charge in [0.1, 0.15) is 6.04 Å². The monoisotopic (exact) mass is 468 g/mol. The zero-order valence-electron chi connectivity index (χ0n) is 20.6. The molecule has 1 aromatic rings. The molecule has 7 heteroatoms. The van der Waals surface area contributed by atoms with Gasteiger partial charge in [0.25, 0.3) is 0 Å². The molecule has 3 heterocycles. The number of carbonyl (C=O) groups is 2. The molecule has 2 amide bonds. The number of benzene rings is 1. The summed E-state index contributed by atoms with van der Waals surface area (Å²) in [6.07, 6.45) is 5.54. The maximum absolute atomic E-state index is 13.2. The molecular formula is C27H40N4O3. The molecule has 34 heavy (non-hydrogen) atoms. The second-order valence-electron chi connectivity index (χ2n) is 11.3. The van der Waals surface area contributed by atoms with Crippen LogP contribution in [0.4, 0.5) is 0 Å². The maximum atomic E-state index is 13.2. The van der Waals surface area contributed by atoms with Crippen LogP contribution < -0.4 is 16.2 Å². The van der Waals surface area contributed by atoms with Gasteiger partial charge in [0, 0.05) is 50.2 Å². The van der Waals surface area contributed by atoms with Crippen molar-refractivity contribution in [1.29, 1.82) is 0 Å². The lowest BCUT2D eigenvalue weighted by Crippen LogP contribution is -2.49. The Bertz CT molecular complexity index is 875. The van der Waals surface area contributed by atoms with Gasteiger partial charge < -0.3 is 15.0 Å². The van der Waals surface area contributed by atoms with Gasteiger partial charge in [-0.2, -0.15) is 0 Å². The van der Waals surface area contributed by atoms with E-state index in [1.54, 1.807) is 0 Å². The first kappa shape index (κ1) is 23.8. The van der Waals surface area contributed by atoms with Crippen LogP contribution in [0, 0.1) is 17.3 Å². The molecule has 0 aromatic heterocycles. The largest absolute Gasteiger partial charge is 0.381 e. The first-order valence-corrected chi connectivity index (χ1v) is 13.1. The van der Waals surface area contributed by atoms with Crippen molar-refractivity contribution >= 4 is 11.8 Å². The van der Waals surface area contributed by atoms with Crippen molar-refractivity contribution in [1.82, 2.24) is 21.1 Å². The van der Waals surface area contributed by atoms with Gasteiger partial charge in [-0.15, -0.1) is 0 Å². The Morgan fingerprint density at radius 2 is 1.79 bits per heavy atom. The standard InChI is InChI=1S/C27H40N4O3/c1-19(2)22-16-23(30-29-22)25(33)31-12-8-26(9-13-31)17-21(26)24(32)28-18-27(10-14-34-15-11-27)20-6-4-3-5-7-20/h3-7,19,21-23,29-30H,8-18H2,1-2H3,(H,28,32). The molecule has 4 aliphatic rings. The van der Waals surface area contributed by atoms with Gasteiger partial charge in [0.15, 0.2) is 0 Å². The SMILES string of the molecule is CC(C)C1CC(C(=O)N2CCC3(CC2)CC3C(=O)NCC2(c3ccccc3)CCOCC2)NN1. The van der Waals surface area contributed by atoms with Crippen LogP contribution in [0.15, 0.2) is 30.3 Å². The number of amides is 2. The highest BCUT2D eigenvalue weighted by atomic mass is 16.5. The molecule has 0 radical (unpaired) electrons. The van der Waals surface area contributed by atoms with Crippen LogP contribution in [0.25, 0.3) is 0 Å². The van der Waals surface area contributed by atoms with Crippen molar-refractivity contribution in [2.45, 2.75) is 69.9 Å². The van der Waals surface area contributed by atoms with Crippen molar-refractivity contribution in [3.63, 3.8) is 0 Å². The molecule has 1 saturated carbocycles. The summed E-state index contributed by atoms with van der Waals surface area (Å²) in [6, 6.07) is 10.8. The van der Waals surface area contributed by atoms with E-state index in [9.17, 15) is 9.59 Å². The summed E-state index contributed by atoms with van der Waals surface area (Å²) in [7, 11) is 0. The summed E-state index contributed by atoms with van der Waals surface area (Å²) in [4.78, 5) is 28.2. The predicted octanol–water partition coefficient (Wildman–Crippen LogP) is 2.37. The molecule has 3 aliphatic heterocycles. The van der Waals surface area contributed by atoms with Crippen LogP contribution in [-0.2, 0) is 19.7 Å². The van der Waals surface area contributed by atoms with Crippen LogP contribution in [-0.4, -0.2) is 61.6 Å². The van der Waals surface area contributed by atoms with E-state index in [-0.39, 0.29) is 34.6 Å². The van der Waals surface area contributed by atoms with Crippen molar-refractivity contribution in [3.05, 3.63) is 35.9 Å². The number of nitrogens with zero attached hydrogens (tertiary/aromatic N) is 1. The molecule has 7 nitrogen and oxygen atoms in total. The first-order valence-electron chi connectivity index (χ1n) is 13.1. The third kappa shape index (κ3) is 4.62. The van der Waals surface area contributed by atoms with Gasteiger partial charge >= 0.3 is 0 Å². The van der Waals surface area contributed by atoms with Gasteiger partial charge in [0.05, 0.1) is 0 Å². The molecular weight excluding hydrogens is 428 g/mol. The molecule has 1 aliphatic carbocycles. The Balaban J connectivity index is 1.13. The number of carbonyl (C=O) groups excluding carboxylic acids is 2. The van der Waals surface area contributed by atoms with Crippen LogP contribution in [0.5, 0.6) is 0 Å². The van der Waals surface area contributed by atoms with Crippen LogP contribution in [0.2, 0.25) is 0 Å². The third-order valence-electron chi connectivity index (χ3n) is 9.05. The molecule has 3 atom stereocenters. The average Bonchev–Trinajstić information content (AvgIpc) is 3.33. The summed E-state index contributed by atoms with van der Waals surface area (Å²) in [5.74, 6) is 0.997. The Morgan fingerprint density at radius 3 is 2.44 bits per heavy atom. The molecule has 3 unspecified atom stereocenters. The number of hydrazine groups is 1. The zero-order valence-corrected chi connectivity index (χ0v) is 20.6. The van der Waals surface area contributed by atoms with E-state index in [0.29, 0.717) is 18.5 Å². The van der Waals surface area contributed by atoms with E-state index < -0.39 is 0 Å². The highest BCUT2D eigenvalue weighted by Crippen LogP contribution is 2.59. The maximum Gasteiger partial charge on any atom is 0.241 e. The minimum atomic E-state index is -0.131. The lowest BCUT2D eigenvalue weighted by atomic mass is 9.74. The number of ether oxygens (including phenoxy) is 1. The highest BCUT2D eigenvalue weighted by molar-refractivity contribution is 5.84. The van der Waals surface area contributed by atoms with Crippen molar-refractivity contribution in [2.24, 2.45) is 17.3 Å². The minimum absolute atomic E-state index is 0.0385. The highest BCUT2D eigenvalue weighted by Gasteiger charge is 2.59. The first-order chi connectivity index (χ1) is 16.4. The molecule has 3 saturated heterocycles. The Labute approximate surface area is 203 Å². The normalized spacial score (nSPS) is 29.9. The number of hydrogen-bond donors (Lipinski definition) is 3. The summed E-state index contributed by atoms with van der Waals surface area (Å²) in [6.45, 7) is 8.04. The average molecular weight is 469 g/mol. The molecule has 186 valence electrons. The van der Waals surface area contributed by atoms with Crippen molar-refractivity contribution < 1.29 is 14.3 Å². The van der Waals surface area contributed by atoms with E-state index in [1.807, 2.05) is 11.0 Å². The van der Waals surface area contributed by atoms with Gasteiger partial charge in [-0.3, -0.25) is 15.0 Å². The zero-order chi connectivity index (χ0) is 23.8. The van der Waals surface area contributed by atoms with E-state index in [4.69, 9.17) is 4.74 Å². The van der Waals surface area contributed by atoms with Gasteiger partial charge in [0.2, 0.25) is 11.8 Å². The fourth-order valence-electron chi connectivity index (χ4n) is 6.35. The Morgan fingerprint density at radius 1 is 1.09 bits per heavy atom. The number of piperidine rings is 1. The van der Waals surface area contributed by atoms with E-state index >= 15 is 0 Å². The van der Waals surface area contributed by atoms with E-state index in [2.05, 4.69) is 54.3 Å². The quantitative estimate of drug-likeness (QED) is 0.597. The van der Waals surface area contributed by atoms with Crippen molar-refractivity contribution in [3.8, 4) is 0 Å². The fourth-order valence-corrected chi connectivity index (χ4v) is 6.35. The smallest absolute Gasteiger partial charge is 0.241 e. The van der Waals surface area contributed by atoms with Crippen LogP contribution in [0.3, 0.4) is 0 Å². The summed E-state index contributed by atoms with van der Waals surface area (Å²) in [5.41, 5.74) is 7.83. The number of nitrogens with one attached hydrogen (secondary N) is 3. The van der Waals surface area contributed by atoms with Crippen LogP contribution in [0.1, 0.15) is 57.9 Å². The minimum Gasteiger partial charge on any atom is -0.381 e. The Kier molecular flexibility index (Phi) is 6.70. The Hall–Kier alpha value is -1.96. The summed E-state index contributed by atoms with van der Waals surface area (Å²) in [5, 5.41) is 3.33. The summed E-state index contributed by atoms with van der Waals surface area (Å²) >= 11 is 0. The molecule has 1 spiro atoms. The van der Waals surface area contributed by atoms with Crippen LogP contribution >= 0.6 is 0 Å². The van der Waals surface area contributed by atoms with E-state index in [1.165, 1.54) is 5.56 Å². The lowest BCUT2D eigenvalue weighted by molar-refractivity contribution is -0.135. The van der Waals surface area contributed by atoms with Gasteiger partial charge in [-0.05, 0) is 55.4 Å². The number of rotatable bonds is 6. The molecule has 0 bridgehead atoms. The van der Waals surface area contributed by atoms with Crippen molar-refractivity contribution in [2.75, 3.05) is 32.8 Å². The van der Waals surface area contributed by atoms with E-state index in [0.717, 1.165) is 64.8 Å². The molecule has 3 N–H and O–H groups in total. The topological polar surface area (TPSA) is 82.7 Å². The third-order valence-corrected chi connectivity index (χ3v) is 9.05. The van der Waals surface area contributed by atoms with Gasteiger partial charge in [-0.25, -0.2) is 5.43 Å². The fraction of sp³-hybridized carbons (Fsp3) is 0.704. The molecule has 4 fully saturated rings. The van der Waals surface area contributed by atoms with Gasteiger partial charge in [-0.1, -0.05) is 44.2 Å². The number of hydrogen-bond acceptors (Lipinski definition) is 5.